The molecule has 1 aliphatic heterocycles. The molecule has 0 amide bonds. The maximum atomic E-state index is 11.4. The van der Waals surface area contributed by atoms with Crippen LogP contribution in [0.2, 0.25) is 0 Å². The third kappa shape index (κ3) is 6.36. The maximum absolute atomic E-state index is 11.4. The van der Waals surface area contributed by atoms with Crippen LogP contribution in [0.4, 0.5) is 5.69 Å². The summed E-state index contributed by atoms with van der Waals surface area (Å²) >= 11 is 0. The summed E-state index contributed by atoms with van der Waals surface area (Å²) in [5.41, 5.74) is 4.50. The van der Waals surface area contributed by atoms with E-state index >= 15 is 0 Å². The molecule has 3 rings (SSSR count). The lowest BCUT2D eigenvalue weighted by Gasteiger charge is -2.26. The molecule has 1 fully saturated rings. The Morgan fingerprint density at radius 3 is 2.53 bits per heavy atom. The predicted octanol–water partition coefficient (Wildman–Crippen LogP) is 6.03. The second-order valence-electron chi connectivity index (χ2n) is 8.43. The van der Waals surface area contributed by atoms with Crippen LogP contribution in [0.15, 0.2) is 48.0 Å². The van der Waals surface area contributed by atoms with Crippen molar-refractivity contribution in [3.8, 4) is 16.9 Å². The molecule has 0 spiro atoms. The molecule has 0 saturated carbocycles. The summed E-state index contributed by atoms with van der Waals surface area (Å²) in [4.78, 5) is 13.8. The zero-order chi connectivity index (χ0) is 22.9. The van der Waals surface area contributed by atoms with Gasteiger partial charge in [0.2, 0.25) is 0 Å². The summed E-state index contributed by atoms with van der Waals surface area (Å²) in [6.45, 7) is 8.93. The molecule has 1 unspecified atom stereocenters. The number of carbonyl (C=O) groups is 1. The molecule has 2 aromatic rings. The topological polar surface area (TPSA) is 59.0 Å². The van der Waals surface area contributed by atoms with Crippen LogP contribution in [-0.4, -0.2) is 43.5 Å². The zero-order valence-corrected chi connectivity index (χ0v) is 19.5. The molecule has 0 aliphatic carbocycles. The molecule has 0 radical (unpaired) electrons. The van der Waals surface area contributed by atoms with E-state index in [1.807, 2.05) is 24.3 Å². The minimum absolute atomic E-state index is 0.333. The number of aliphatic carboxylic acids is 1. The second-order valence-corrected chi connectivity index (χ2v) is 8.43. The zero-order valence-electron chi connectivity index (χ0n) is 19.5. The van der Waals surface area contributed by atoms with Gasteiger partial charge in [-0.05, 0) is 80.1 Å². The van der Waals surface area contributed by atoms with Crippen molar-refractivity contribution < 1.29 is 19.4 Å². The molecule has 1 saturated heterocycles. The molecule has 172 valence electrons. The van der Waals surface area contributed by atoms with E-state index < -0.39 is 5.97 Å². The van der Waals surface area contributed by atoms with Crippen LogP contribution in [0.1, 0.15) is 52.0 Å². The lowest BCUT2D eigenvalue weighted by Crippen LogP contribution is -2.26. The molecular formula is C27H35NO4. The van der Waals surface area contributed by atoms with Crippen molar-refractivity contribution in [3.05, 3.63) is 53.6 Å². The van der Waals surface area contributed by atoms with Crippen molar-refractivity contribution >= 4 is 17.7 Å². The van der Waals surface area contributed by atoms with Crippen LogP contribution in [-0.2, 0) is 9.53 Å². The smallest absolute Gasteiger partial charge is 0.331 e. The van der Waals surface area contributed by atoms with Crippen molar-refractivity contribution in [3.63, 3.8) is 0 Å². The van der Waals surface area contributed by atoms with Crippen molar-refractivity contribution in [2.24, 2.45) is 0 Å². The third-order valence-electron chi connectivity index (χ3n) is 5.93. The lowest BCUT2D eigenvalue weighted by molar-refractivity contribution is -0.132. The molecule has 5 heteroatoms. The van der Waals surface area contributed by atoms with Gasteiger partial charge in [0.1, 0.15) is 12.4 Å². The van der Waals surface area contributed by atoms with E-state index in [4.69, 9.17) is 9.47 Å². The predicted molar refractivity (Wildman–Crippen MR) is 130 cm³/mol. The van der Waals surface area contributed by atoms with Crippen molar-refractivity contribution in [2.45, 2.75) is 52.5 Å². The largest absolute Gasteiger partial charge is 0.491 e. The second kappa shape index (κ2) is 11.7. The first-order chi connectivity index (χ1) is 15.5. The molecule has 0 aromatic heterocycles. The molecule has 1 aliphatic rings. The van der Waals surface area contributed by atoms with Gasteiger partial charge in [0.25, 0.3) is 0 Å². The highest BCUT2D eigenvalue weighted by Crippen LogP contribution is 2.34. The number of ether oxygens (including phenoxy) is 2. The highest BCUT2D eigenvalue weighted by Gasteiger charge is 2.22. The molecule has 1 heterocycles. The monoisotopic (exact) mass is 437 g/mol. The fourth-order valence-corrected chi connectivity index (χ4v) is 4.01. The van der Waals surface area contributed by atoms with Gasteiger partial charge in [0.05, 0.1) is 6.61 Å². The normalized spacial score (nSPS) is 16.4. The van der Waals surface area contributed by atoms with Gasteiger partial charge < -0.3 is 19.5 Å². The Morgan fingerprint density at radius 2 is 1.88 bits per heavy atom. The van der Waals surface area contributed by atoms with E-state index in [1.165, 1.54) is 0 Å². The Balaban J connectivity index is 1.76. The maximum Gasteiger partial charge on any atom is 0.331 e. The van der Waals surface area contributed by atoms with Crippen LogP contribution in [0.25, 0.3) is 17.2 Å². The van der Waals surface area contributed by atoms with Gasteiger partial charge >= 0.3 is 5.97 Å². The van der Waals surface area contributed by atoms with Crippen LogP contribution in [0.3, 0.4) is 0 Å². The minimum Gasteiger partial charge on any atom is -0.491 e. The Labute approximate surface area is 191 Å². The van der Waals surface area contributed by atoms with E-state index in [0.717, 1.165) is 67.0 Å². The van der Waals surface area contributed by atoms with Crippen molar-refractivity contribution in [1.29, 1.82) is 0 Å². The van der Waals surface area contributed by atoms with E-state index in [-0.39, 0.29) is 0 Å². The molecule has 5 nitrogen and oxygen atoms in total. The average Bonchev–Trinajstić information content (AvgIpc) is 3.22. The molecule has 32 heavy (non-hydrogen) atoms. The van der Waals surface area contributed by atoms with E-state index in [9.17, 15) is 9.90 Å². The molecule has 1 N–H and O–H groups in total. The van der Waals surface area contributed by atoms with Gasteiger partial charge in [-0.15, -0.1) is 0 Å². The van der Waals surface area contributed by atoms with Gasteiger partial charge in [-0.1, -0.05) is 31.5 Å². The van der Waals surface area contributed by atoms with Gasteiger partial charge in [-0.3, -0.25) is 0 Å². The van der Waals surface area contributed by atoms with E-state index in [1.54, 1.807) is 13.0 Å². The summed E-state index contributed by atoms with van der Waals surface area (Å²) in [6, 6.07) is 14.8. The standard InChI is InChI=1S/C27H35NO4/c1-4-5-15-31-16-17-32-25-11-8-22(9-12-25)23-10-13-26(28-14-6-7-21(28)3)24(19-23)18-20(2)27(29)30/h8-13,18-19,21H,4-7,14-17H2,1-3H3,(H,29,30). The number of anilines is 1. The van der Waals surface area contributed by atoms with Crippen LogP contribution < -0.4 is 9.64 Å². The lowest BCUT2D eigenvalue weighted by atomic mass is 9.99. The molecule has 1 atom stereocenters. The fraction of sp³-hybridized carbons (Fsp3) is 0.444. The number of benzene rings is 2. The summed E-state index contributed by atoms with van der Waals surface area (Å²) in [5.74, 6) is -0.0757. The van der Waals surface area contributed by atoms with Gasteiger partial charge in [0, 0.05) is 30.5 Å². The average molecular weight is 438 g/mol. The Morgan fingerprint density at radius 1 is 1.12 bits per heavy atom. The summed E-state index contributed by atoms with van der Waals surface area (Å²) < 4.78 is 11.3. The van der Waals surface area contributed by atoms with Crippen LogP contribution >= 0.6 is 0 Å². The molecule has 2 aromatic carbocycles. The highest BCUT2D eigenvalue weighted by molar-refractivity contribution is 5.93. The number of rotatable bonds is 11. The number of unbranched alkanes of at least 4 members (excludes halogenated alkanes) is 1. The summed E-state index contributed by atoms with van der Waals surface area (Å²) in [7, 11) is 0. The van der Waals surface area contributed by atoms with E-state index in [2.05, 4.69) is 36.9 Å². The first-order valence-electron chi connectivity index (χ1n) is 11.6. The quantitative estimate of drug-likeness (QED) is 0.344. The minimum atomic E-state index is -0.893. The molecule has 0 bridgehead atoms. The first-order valence-corrected chi connectivity index (χ1v) is 11.6. The van der Waals surface area contributed by atoms with Crippen LogP contribution in [0, 0.1) is 0 Å². The number of carboxylic acid groups (broad SMARTS) is 1. The first kappa shape index (κ1) is 23.9. The van der Waals surface area contributed by atoms with Gasteiger partial charge in [-0.25, -0.2) is 4.79 Å². The van der Waals surface area contributed by atoms with Gasteiger partial charge in [0.15, 0.2) is 0 Å². The fourth-order valence-electron chi connectivity index (χ4n) is 4.01. The third-order valence-corrected chi connectivity index (χ3v) is 5.93. The molecular weight excluding hydrogens is 402 g/mol. The van der Waals surface area contributed by atoms with E-state index in [0.29, 0.717) is 24.8 Å². The van der Waals surface area contributed by atoms with Crippen molar-refractivity contribution in [1.82, 2.24) is 0 Å². The Kier molecular flexibility index (Phi) is 8.74. The van der Waals surface area contributed by atoms with Gasteiger partial charge in [-0.2, -0.15) is 0 Å². The van der Waals surface area contributed by atoms with Crippen LogP contribution in [0.5, 0.6) is 5.75 Å². The number of carboxylic acids is 1. The van der Waals surface area contributed by atoms with Crippen molar-refractivity contribution in [2.75, 3.05) is 31.3 Å². The summed E-state index contributed by atoms with van der Waals surface area (Å²) in [6.07, 6.45) is 6.31. The number of nitrogens with zero attached hydrogens (tertiary/aromatic N) is 1. The summed E-state index contributed by atoms with van der Waals surface area (Å²) in [5, 5.41) is 9.39. The Hall–Kier alpha value is -2.79. The Bertz CT molecular complexity index is 920. The SMILES string of the molecule is CCCCOCCOc1ccc(-c2ccc(N3CCCC3C)c(C=C(C)C(=O)O)c2)cc1. The number of hydrogen-bond donors (Lipinski definition) is 1. The number of hydrogen-bond acceptors (Lipinski definition) is 4. The highest BCUT2D eigenvalue weighted by atomic mass is 16.5.